The molecule has 0 heterocycles. The zero-order chi connectivity index (χ0) is 21.1. The van der Waals surface area contributed by atoms with Gasteiger partial charge in [-0.05, 0) is 83.6 Å². The average molecular weight is 398 g/mol. The van der Waals surface area contributed by atoms with E-state index in [1.54, 1.807) is 84.9 Å². The largest absolute Gasteiger partial charge is 0.423 e. The number of hydrogen-bond donors (Lipinski definition) is 2. The molecule has 0 aliphatic rings. The van der Waals surface area contributed by atoms with Crippen molar-refractivity contribution in [3.63, 3.8) is 0 Å². The van der Waals surface area contributed by atoms with Crippen molar-refractivity contribution in [3.8, 4) is 11.5 Å². The molecule has 0 bridgehead atoms. The summed E-state index contributed by atoms with van der Waals surface area (Å²) in [6, 6.07) is 23.4. The molecule has 0 aliphatic carbocycles. The molecule has 0 saturated carbocycles. The number of benzene rings is 4. The number of carbonyl (C=O) groups excluding carboxylic acids is 2. The molecule has 30 heavy (non-hydrogen) atoms. The molecule has 0 fully saturated rings. The van der Waals surface area contributed by atoms with Crippen LogP contribution in [-0.2, 0) is 0 Å². The number of esters is 2. The van der Waals surface area contributed by atoms with Gasteiger partial charge in [-0.1, -0.05) is 12.1 Å². The van der Waals surface area contributed by atoms with Gasteiger partial charge in [0.25, 0.3) is 0 Å². The third kappa shape index (κ3) is 4.23. The van der Waals surface area contributed by atoms with E-state index in [0.29, 0.717) is 34.0 Å². The van der Waals surface area contributed by atoms with E-state index in [1.165, 1.54) is 0 Å². The van der Waals surface area contributed by atoms with Gasteiger partial charge in [-0.2, -0.15) is 0 Å². The smallest absolute Gasteiger partial charge is 0.343 e. The van der Waals surface area contributed by atoms with Gasteiger partial charge in [0.15, 0.2) is 0 Å². The summed E-state index contributed by atoms with van der Waals surface area (Å²) in [6.07, 6.45) is 0. The molecule has 0 aliphatic heterocycles. The van der Waals surface area contributed by atoms with E-state index in [2.05, 4.69) is 0 Å². The van der Waals surface area contributed by atoms with Crippen LogP contribution in [0.4, 0.5) is 11.4 Å². The van der Waals surface area contributed by atoms with Crippen LogP contribution in [0.15, 0.2) is 84.9 Å². The van der Waals surface area contributed by atoms with Crippen molar-refractivity contribution in [2.75, 3.05) is 11.5 Å². The lowest BCUT2D eigenvalue weighted by atomic mass is 10.0. The van der Waals surface area contributed by atoms with Crippen LogP contribution in [0.2, 0.25) is 0 Å². The van der Waals surface area contributed by atoms with Crippen LogP contribution in [0.3, 0.4) is 0 Å². The molecule has 0 unspecified atom stereocenters. The van der Waals surface area contributed by atoms with E-state index in [9.17, 15) is 9.59 Å². The molecular weight excluding hydrogens is 380 g/mol. The quantitative estimate of drug-likeness (QED) is 0.299. The summed E-state index contributed by atoms with van der Waals surface area (Å²) in [5.74, 6) is -0.132. The Balaban J connectivity index is 1.51. The fraction of sp³-hybridized carbons (Fsp3) is 0. The standard InChI is InChI=1S/C24H18N2O4/c25-19-5-9-21(10-6-19)29-23(27)17-3-1-15-13-18(4-2-16(15)14-17)24(28)30-22-11-7-20(26)8-12-22/h1-14H,25-26H2. The summed E-state index contributed by atoms with van der Waals surface area (Å²) in [7, 11) is 0. The SMILES string of the molecule is Nc1ccc(OC(=O)c2ccc3cc(C(=O)Oc4ccc(N)cc4)ccc3c2)cc1. The molecule has 6 nitrogen and oxygen atoms in total. The second kappa shape index (κ2) is 7.97. The molecule has 0 saturated heterocycles. The molecule has 4 N–H and O–H groups in total. The molecular formula is C24H18N2O4. The molecule has 4 aromatic carbocycles. The maximum atomic E-state index is 12.4. The van der Waals surface area contributed by atoms with Crippen LogP contribution in [0.25, 0.3) is 10.8 Å². The zero-order valence-electron chi connectivity index (χ0n) is 15.9. The van der Waals surface area contributed by atoms with Crippen molar-refractivity contribution in [2.45, 2.75) is 0 Å². The van der Waals surface area contributed by atoms with E-state index in [-0.39, 0.29) is 0 Å². The van der Waals surface area contributed by atoms with Crippen LogP contribution in [0.5, 0.6) is 11.5 Å². The van der Waals surface area contributed by atoms with Crippen LogP contribution >= 0.6 is 0 Å². The maximum absolute atomic E-state index is 12.4. The van der Waals surface area contributed by atoms with E-state index in [1.807, 2.05) is 0 Å². The van der Waals surface area contributed by atoms with Gasteiger partial charge >= 0.3 is 11.9 Å². The van der Waals surface area contributed by atoms with Crippen molar-refractivity contribution in [3.05, 3.63) is 96.1 Å². The summed E-state index contributed by atoms with van der Waals surface area (Å²) in [5.41, 5.74) is 13.2. The molecule has 6 heteroatoms. The highest BCUT2D eigenvalue weighted by atomic mass is 16.5. The van der Waals surface area contributed by atoms with Gasteiger partial charge in [0, 0.05) is 11.4 Å². The van der Waals surface area contributed by atoms with Crippen LogP contribution in [0, 0.1) is 0 Å². The van der Waals surface area contributed by atoms with Crippen LogP contribution < -0.4 is 20.9 Å². The predicted octanol–water partition coefficient (Wildman–Crippen LogP) is 4.44. The lowest BCUT2D eigenvalue weighted by Gasteiger charge is -2.08. The van der Waals surface area contributed by atoms with Crippen molar-refractivity contribution < 1.29 is 19.1 Å². The summed E-state index contributed by atoms with van der Waals surface area (Å²) in [6.45, 7) is 0. The van der Waals surface area contributed by atoms with Gasteiger partial charge in [-0.3, -0.25) is 0 Å². The summed E-state index contributed by atoms with van der Waals surface area (Å²) >= 11 is 0. The zero-order valence-corrected chi connectivity index (χ0v) is 15.9. The fourth-order valence-corrected chi connectivity index (χ4v) is 2.90. The Morgan fingerprint density at radius 3 is 1.27 bits per heavy atom. The van der Waals surface area contributed by atoms with Crippen LogP contribution in [-0.4, -0.2) is 11.9 Å². The molecule has 4 rings (SSSR count). The Bertz CT molecular complexity index is 1130. The van der Waals surface area contributed by atoms with Crippen molar-refractivity contribution >= 4 is 34.1 Å². The first kappa shape index (κ1) is 19.0. The first-order chi connectivity index (χ1) is 14.5. The lowest BCUT2D eigenvalue weighted by molar-refractivity contribution is 0.0725. The molecule has 0 spiro atoms. The Morgan fingerprint density at radius 1 is 0.533 bits per heavy atom. The number of ether oxygens (including phenoxy) is 2. The highest BCUT2D eigenvalue weighted by Gasteiger charge is 2.12. The number of rotatable bonds is 4. The average Bonchev–Trinajstić information content (AvgIpc) is 2.76. The molecule has 0 amide bonds. The minimum absolute atomic E-state index is 0.400. The van der Waals surface area contributed by atoms with Gasteiger partial charge in [0.1, 0.15) is 11.5 Å². The summed E-state index contributed by atoms with van der Waals surface area (Å²) in [4.78, 5) is 24.8. The molecule has 4 aromatic rings. The van der Waals surface area contributed by atoms with E-state index in [0.717, 1.165) is 10.8 Å². The topological polar surface area (TPSA) is 105 Å². The maximum Gasteiger partial charge on any atom is 0.343 e. The lowest BCUT2D eigenvalue weighted by Crippen LogP contribution is -2.09. The molecule has 148 valence electrons. The second-order valence-electron chi connectivity index (χ2n) is 6.69. The first-order valence-corrected chi connectivity index (χ1v) is 9.17. The van der Waals surface area contributed by atoms with Crippen molar-refractivity contribution in [1.29, 1.82) is 0 Å². The summed E-state index contributed by atoms with van der Waals surface area (Å²) in [5, 5.41) is 1.59. The van der Waals surface area contributed by atoms with Crippen molar-refractivity contribution in [1.82, 2.24) is 0 Å². The van der Waals surface area contributed by atoms with Gasteiger partial charge in [-0.25, -0.2) is 9.59 Å². The van der Waals surface area contributed by atoms with E-state index in [4.69, 9.17) is 20.9 Å². The van der Waals surface area contributed by atoms with E-state index < -0.39 is 11.9 Å². The van der Waals surface area contributed by atoms with Crippen LogP contribution in [0.1, 0.15) is 20.7 Å². The third-order valence-corrected chi connectivity index (χ3v) is 4.49. The Morgan fingerprint density at radius 2 is 0.900 bits per heavy atom. The molecule has 0 aromatic heterocycles. The Kier molecular flexibility index (Phi) is 5.05. The Labute approximate surface area is 172 Å². The fourth-order valence-electron chi connectivity index (χ4n) is 2.90. The van der Waals surface area contributed by atoms with Gasteiger partial charge in [-0.15, -0.1) is 0 Å². The highest BCUT2D eigenvalue weighted by molar-refractivity contribution is 6.00. The predicted molar refractivity (Wildman–Crippen MR) is 116 cm³/mol. The van der Waals surface area contributed by atoms with Gasteiger partial charge in [0.05, 0.1) is 11.1 Å². The monoisotopic (exact) mass is 398 g/mol. The normalized spacial score (nSPS) is 10.5. The number of nitrogen functional groups attached to an aromatic ring is 2. The highest BCUT2D eigenvalue weighted by Crippen LogP contribution is 2.22. The minimum atomic E-state index is -0.478. The number of hydrogen-bond acceptors (Lipinski definition) is 6. The third-order valence-electron chi connectivity index (χ3n) is 4.49. The second-order valence-corrected chi connectivity index (χ2v) is 6.69. The minimum Gasteiger partial charge on any atom is -0.423 e. The number of fused-ring (bicyclic) bond motifs is 1. The van der Waals surface area contributed by atoms with Gasteiger partial charge < -0.3 is 20.9 Å². The number of anilines is 2. The van der Waals surface area contributed by atoms with Gasteiger partial charge in [0.2, 0.25) is 0 Å². The van der Waals surface area contributed by atoms with E-state index >= 15 is 0 Å². The number of carbonyl (C=O) groups is 2. The van der Waals surface area contributed by atoms with Crippen molar-refractivity contribution in [2.24, 2.45) is 0 Å². The summed E-state index contributed by atoms with van der Waals surface area (Å²) < 4.78 is 10.7. The molecule has 0 atom stereocenters. The molecule has 0 radical (unpaired) electrons. The Hall–Kier alpha value is -4.32. The first-order valence-electron chi connectivity index (χ1n) is 9.17. The number of nitrogens with two attached hydrogens (primary N) is 2.